The Balaban J connectivity index is 1.85. The molecule has 0 aliphatic heterocycles. The van der Waals surface area contributed by atoms with Crippen molar-refractivity contribution in [2.45, 2.75) is 13.3 Å². The third-order valence-corrected chi connectivity index (χ3v) is 3.59. The Morgan fingerprint density at radius 1 is 0.889 bits per heavy atom. The van der Waals surface area contributed by atoms with Crippen LogP contribution in [0.25, 0.3) is 0 Å². The van der Waals surface area contributed by atoms with Gasteiger partial charge in [0.1, 0.15) is 12.4 Å². The van der Waals surface area contributed by atoms with Crippen molar-refractivity contribution in [1.29, 1.82) is 0 Å². The molecular formula is C20H25N3O4. The SMILES string of the molecule is CCC(=O)Nc1cccc(NC(=O)CNc2cccc(OCCOC)c2)c1. The quantitative estimate of drug-likeness (QED) is 0.559. The molecule has 0 aliphatic carbocycles. The molecular weight excluding hydrogens is 346 g/mol. The van der Waals surface area contributed by atoms with Gasteiger partial charge in [0.05, 0.1) is 13.2 Å². The minimum Gasteiger partial charge on any atom is -0.491 e. The first-order chi connectivity index (χ1) is 13.1. The van der Waals surface area contributed by atoms with Crippen LogP contribution in [0.5, 0.6) is 5.75 Å². The van der Waals surface area contributed by atoms with Crippen LogP contribution in [0, 0.1) is 0 Å². The van der Waals surface area contributed by atoms with Crippen molar-refractivity contribution in [2.75, 3.05) is 42.8 Å². The molecule has 0 saturated carbocycles. The standard InChI is InChI=1S/C20H25N3O4/c1-3-19(24)22-16-7-4-8-17(12-16)23-20(25)14-21-15-6-5-9-18(13-15)27-11-10-26-2/h4-9,12-13,21H,3,10-11,14H2,1-2H3,(H,22,24)(H,23,25). The van der Waals surface area contributed by atoms with E-state index in [2.05, 4.69) is 16.0 Å². The molecule has 2 aromatic carbocycles. The number of carbonyl (C=O) groups is 2. The number of anilines is 3. The summed E-state index contributed by atoms with van der Waals surface area (Å²) in [4.78, 5) is 23.6. The molecule has 144 valence electrons. The zero-order chi connectivity index (χ0) is 19.5. The van der Waals surface area contributed by atoms with Gasteiger partial charge >= 0.3 is 0 Å². The van der Waals surface area contributed by atoms with Gasteiger partial charge in [-0.15, -0.1) is 0 Å². The molecule has 7 heteroatoms. The van der Waals surface area contributed by atoms with Gasteiger partial charge in [-0.25, -0.2) is 0 Å². The molecule has 0 radical (unpaired) electrons. The molecule has 0 saturated heterocycles. The van der Waals surface area contributed by atoms with Gasteiger partial charge in [0.15, 0.2) is 0 Å². The number of amides is 2. The second-order valence-electron chi connectivity index (χ2n) is 5.75. The average molecular weight is 371 g/mol. The van der Waals surface area contributed by atoms with Crippen LogP contribution in [0.4, 0.5) is 17.1 Å². The molecule has 0 heterocycles. The lowest BCUT2D eigenvalue weighted by atomic mass is 10.2. The van der Waals surface area contributed by atoms with Crippen LogP contribution in [-0.4, -0.2) is 38.7 Å². The largest absolute Gasteiger partial charge is 0.491 e. The summed E-state index contributed by atoms with van der Waals surface area (Å²) in [5.74, 6) is 0.434. The highest BCUT2D eigenvalue weighted by Gasteiger charge is 2.05. The van der Waals surface area contributed by atoms with E-state index in [1.807, 2.05) is 24.3 Å². The number of carbonyl (C=O) groups excluding carboxylic acids is 2. The van der Waals surface area contributed by atoms with Gasteiger partial charge in [-0.3, -0.25) is 9.59 Å². The van der Waals surface area contributed by atoms with Crippen molar-refractivity contribution in [1.82, 2.24) is 0 Å². The van der Waals surface area contributed by atoms with Crippen LogP contribution in [0.1, 0.15) is 13.3 Å². The molecule has 0 unspecified atom stereocenters. The minimum absolute atomic E-state index is 0.0762. The molecule has 27 heavy (non-hydrogen) atoms. The lowest BCUT2D eigenvalue weighted by Gasteiger charge is -2.11. The van der Waals surface area contributed by atoms with Crippen LogP contribution in [-0.2, 0) is 14.3 Å². The van der Waals surface area contributed by atoms with Gasteiger partial charge in [0.25, 0.3) is 0 Å². The van der Waals surface area contributed by atoms with Crippen molar-refractivity contribution in [3.8, 4) is 5.75 Å². The summed E-state index contributed by atoms with van der Waals surface area (Å²) in [5.41, 5.74) is 2.05. The molecule has 3 N–H and O–H groups in total. The van der Waals surface area contributed by atoms with Crippen LogP contribution in [0.3, 0.4) is 0 Å². The van der Waals surface area contributed by atoms with Gasteiger partial charge in [0.2, 0.25) is 11.8 Å². The van der Waals surface area contributed by atoms with Crippen molar-refractivity contribution < 1.29 is 19.1 Å². The van der Waals surface area contributed by atoms with E-state index in [9.17, 15) is 9.59 Å². The van der Waals surface area contributed by atoms with E-state index in [1.165, 1.54) is 0 Å². The second-order valence-corrected chi connectivity index (χ2v) is 5.75. The number of hydrogen-bond acceptors (Lipinski definition) is 5. The molecule has 2 aromatic rings. The van der Waals surface area contributed by atoms with E-state index in [1.54, 1.807) is 38.3 Å². The zero-order valence-corrected chi connectivity index (χ0v) is 15.6. The van der Waals surface area contributed by atoms with E-state index >= 15 is 0 Å². The highest BCUT2D eigenvalue weighted by molar-refractivity contribution is 5.95. The second kappa shape index (κ2) is 10.8. The highest BCUT2D eigenvalue weighted by Crippen LogP contribution is 2.18. The fourth-order valence-corrected chi connectivity index (χ4v) is 2.25. The Morgan fingerprint density at radius 3 is 2.26 bits per heavy atom. The first kappa shape index (κ1) is 20.3. The number of benzene rings is 2. The van der Waals surface area contributed by atoms with E-state index in [0.29, 0.717) is 36.8 Å². The summed E-state index contributed by atoms with van der Waals surface area (Å²) in [6.45, 7) is 2.86. The number of nitrogens with one attached hydrogen (secondary N) is 3. The highest BCUT2D eigenvalue weighted by atomic mass is 16.5. The summed E-state index contributed by atoms with van der Waals surface area (Å²) in [5, 5.41) is 8.62. The normalized spacial score (nSPS) is 10.1. The maximum Gasteiger partial charge on any atom is 0.243 e. The third-order valence-electron chi connectivity index (χ3n) is 3.59. The Labute approximate surface area is 159 Å². The topological polar surface area (TPSA) is 88.7 Å². The van der Waals surface area contributed by atoms with Gasteiger partial charge in [-0.1, -0.05) is 19.1 Å². The van der Waals surface area contributed by atoms with E-state index < -0.39 is 0 Å². The Hall–Kier alpha value is -3.06. The maximum atomic E-state index is 12.2. The van der Waals surface area contributed by atoms with Gasteiger partial charge in [0, 0.05) is 36.7 Å². The number of methoxy groups -OCH3 is 1. The van der Waals surface area contributed by atoms with Crippen LogP contribution in [0.2, 0.25) is 0 Å². The summed E-state index contributed by atoms with van der Waals surface area (Å²) >= 11 is 0. The Bertz CT molecular complexity index is 764. The monoisotopic (exact) mass is 371 g/mol. The molecule has 0 bridgehead atoms. The van der Waals surface area contributed by atoms with E-state index in [0.717, 1.165) is 5.69 Å². The smallest absolute Gasteiger partial charge is 0.243 e. The molecule has 0 aliphatic rings. The Morgan fingerprint density at radius 2 is 1.56 bits per heavy atom. The van der Waals surface area contributed by atoms with Crippen LogP contribution in [0.15, 0.2) is 48.5 Å². The maximum absolute atomic E-state index is 12.2. The van der Waals surface area contributed by atoms with Crippen molar-refractivity contribution >= 4 is 28.9 Å². The number of ether oxygens (including phenoxy) is 2. The number of rotatable bonds is 10. The average Bonchev–Trinajstić information content (AvgIpc) is 2.67. The van der Waals surface area contributed by atoms with Crippen LogP contribution < -0.4 is 20.7 Å². The van der Waals surface area contributed by atoms with E-state index in [4.69, 9.17) is 9.47 Å². The van der Waals surface area contributed by atoms with Crippen molar-refractivity contribution in [2.24, 2.45) is 0 Å². The molecule has 2 rings (SSSR count). The van der Waals surface area contributed by atoms with Crippen molar-refractivity contribution in [3.63, 3.8) is 0 Å². The first-order valence-corrected chi connectivity index (χ1v) is 8.76. The molecule has 0 aromatic heterocycles. The van der Waals surface area contributed by atoms with E-state index in [-0.39, 0.29) is 18.4 Å². The zero-order valence-electron chi connectivity index (χ0n) is 15.6. The minimum atomic E-state index is -0.195. The first-order valence-electron chi connectivity index (χ1n) is 8.76. The lowest BCUT2D eigenvalue weighted by molar-refractivity contribution is -0.116. The summed E-state index contributed by atoms with van der Waals surface area (Å²) in [6, 6.07) is 14.4. The summed E-state index contributed by atoms with van der Waals surface area (Å²) in [6.07, 6.45) is 0.398. The molecule has 7 nitrogen and oxygen atoms in total. The fraction of sp³-hybridized carbons (Fsp3) is 0.300. The summed E-state index contributed by atoms with van der Waals surface area (Å²) in [7, 11) is 1.62. The fourth-order valence-electron chi connectivity index (χ4n) is 2.25. The third kappa shape index (κ3) is 7.37. The predicted octanol–water partition coefficient (Wildman–Crippen LogP) is 3.11. The molecule has 2 amide bonds. The molecule has 0 atom stereocenters. The van der Waals surface area contributed by atoms with Crippen LogP contribution >= 0.6 is 0 Å². The van der Waals surface area contributed by atoms with Crippen molar-refractivity contribution in [3.05, 3.63) is 48.5 Å². The molecule has 0 spiro atoms. The van der Waals surface area contributed by atoms with Gasteiger partial charge in [-0.2, -0.15) is 0 Å². The molecule has 0 fully saturated rings. The lowest BCUT2D eigenvalue weighted by Crippen LogP contribution is -2.21. The number of hydrogen-bond donors (Lipinski definition) is 3. The van der Waals surface area contributed by atoms with Gasteiger partial charge in [-0.05, 0) is 30.3 Å². The summed E-state index contributed by atoms with van der Waals surface area (Å²) < 4.78 is 10.5. The Kier molecular flexibility index (Phi) is 8.12. The van der Waals surface area contributed by atoms with Gasteiger partial charge < -0.3 is 25.4 Å². The predicted molar refractivity (Wildman–Crippen MR) is 106 cm³/mol.